The van der Waals surface area contributed by atoms with Crippen molar-refractivity contribution in [2.45, 2.75) is 25.3 Å². The average molecular weight is 346 g/mol. The molecule has 4 rings (SSSR count). The highest BCUT2D eigenvalue weighted by Crippen LogP contribution is 2.23. The van der Waals surface area contributed by atoms with Crippen LogP contribution < -0.4 is 0 Å². The van der Waals surface area contributed by atoms with Crippen LogP contribution >= 0.6 is 0 Å². The molecule has 0 radical (unpaired) electrons. The monoisotopic (exact) mass is 346 g/mol. The Bertz CT molecular complexity index is 835. The molecule has 1 saturated heterocycles. The van der Waals surface area contributed by atoms with E-state index in [0.717, 1.165) is 31.5 Å². The molecule has 26 heavy (non-hydrogen) atoms. The smallest absolute Gasteiger partial charge is 0.226 e. The molecule has 0 spiro atoms. The van der Waals surface area contributed by atoms with Crippen LogP contribution in [0.4, 0.5) is 0 Å². The van der Waals surface area contributed by atoms with Gasteiger partial charge in [0.2, 0.25) is 5.91 Å². The van der Waals surface area contributed by atoms with Crippen molar-refractivity contribution in [2.24, 2.45) is 0 Å². The van der Waals surface area contributed by atoms with Gasteiger partial charge in [0.25, 0.3) is 0 Å². The minimum absolute atomic E-state index is 0.203. The Kier molecular flexibility index (Phi) is 4.78. The molecule has 0 unspecified atom stereocenters. The van der Waals surface area contributed by atoms with Crippen LogP contribution in [0.5, 0.6) is 0 Å². The third-order valence-electron chi connectivity index (χ3n) is 5.05. The zero-order valence-electron chi connectivity index (χ0n) is 14.7. The molecule has 5 nitrogen and oxygen atoms in total. The van der Waals surface area contributed by atoms with Crippen LogP contribution in [-0.2, 0) is 11.2 Å². The van der Waals surface area contributed by atoms with Crippen LogP contribution in [0.25, 0.3) is 11.1 Å². The number of carbonyl (C=O) groups is 1. The lowest BCUT2D eigenvalue weighted by Gasteiger charge is -2.32. The summed E-state index contributed by atoms with van der Waals surface area (Å²) >= 11 is 0. The first kappa shape index (κ1) is 16.5. The summed E-state index contributed by atoms with van der Waals surface area (Å²) in [5.74, 6) is 0.203. The molecule has 1 fully saturated rings. The third-order valence-corrected chi connectivity index (χ3v) is 5.05. The second kappa shape index (κ2) is 7.52. The number of piperidine rings is 1. The number of likely N-dealkylation sites (tertiary alicyclic amines) is 1. The Labute approximate surface area is 153 Å². The number of nitrogens with zero attached hydrogens (tertiary/aromatic N) is 4. The van der Waals surface area contributed by atoms with Crippen molar-refractivity contribution in [1.29, 1.82) is 0 Å². The van der Waals surface area contributed by atoms with Crippen molar-refractivity contribution in [1.82, 2.24) is 19.9 Å². The van der Waals surface area contributed by atoms with E-state index >= 15 is 0 Å². The van der Waals surface area contributed by atoms with E-state index < -0.39 is 0 Å². The summed E-state index contributed by atoms with van der Waals surface area (Å²) in [6.07, 6.45) is 5.93. The van der Waals surface area contributed by atoms with Crippen LogP contribution in [0.3, 0.4) is 0 Å². The van der Waals surface area contributed by atoms with Crippen LogP contribution in [0.2, 0.25) is 0 Å². The molecule has 0 bridgehead atoms. The zero-order chi connectivity index (χ0) is 17.8. The predicted octanol–water partition coefficient (Wildman–Crippen LogP) is 3.35. The van der Waals surface area contributed by atoms with Crippen LogP contribution in [0.1, 0.15) is 24.4 Å². The van der Waals surface area contributed by atoms with Gasteiger partial charge in [-0.2, -0.15) is 0 Å². The van der Waals surface area contributed by atoms with Gasteiger partial charge in [-0.25, -0.2) is 4.68 Å². The third kappa shape index (κ3) is 3.67. The predicted molar refractivity (Wildman–Crippen MR) is 100 cm³/mol. The number of rotatable bonds is 4. The normalized spacial score (nSPS) is 15.2. The summed E-state index contributed by atoms with van der Waals surface area (Å²) in [6, 6.07) is 18.9. The summed E-state index contributed by atoms with van der Waals surface area (Å²) in [5, 5.41) is 7.94. The fourth-order valence-electron chi connectivity index (χ4n) is 3.52. The summed E-state index contributed by atoms with van der Waals surface area (Å²) in [5.41, 5.74) is 3.43. The van der Waals surface area contributed by atoms with Gasteiger partial charge in [0.1, 0.15) is 0 Å². The molecule has 0 atom stereocenters. The van der Waals surface area contributed by atoms with Gasteiger partial charge in [-0.05, 0) is 29.5 Å². The van der Waals surface area contributed by atoms with Crippen molar-refractivity contribution >= 4 is 5.91 Å². The van der Waals surface area contributed by atoms with E-state index in [-0.39, 0.29) is 5.91 Å². The molecule has 1 aliphatic rings. The maximum Gasteiger partial charge on any atom is 0.226 e. The van der Waals surface area contributed by atoms with Gasteiger partial charge in [0, 0.05) is 19.3 Å². The minimum atomic E-state index is 0.203. The Balaban J connectivity index is 1.34. The van der Waals surface area contributed by atoms with Crippen LogP contribution in [-0.4, -0.2) is 38.9 Å². The fourth-order valence-corrected chi connectivity index (χ4v) is 3.52. The van der Waals surface area contributed by atoms with Gasteiger partial charge in [-0.1, -0.05) is 59.8 Å². The van der Waals surface area contributed by atoms with Gasteiger partial charge in [0.15, 0.2) is 0 Å². The minimum Gasteiger partial charge on any atom is -0.342 e. The Morgan fingerprint density at radius 3 is 2.31 bits per heavy atom. The molecular weight excluding hydrogens is 324 g/mol. The second-order valence-corrected chi connectivity index (χ2v) is 6.73. The van der Waals surface area contributed by atoms with Crippen LogP contribution in [0, 0.1) is 0 Å². The van der Waals surface area contributed by atoms with E-state index in [4.69, 9.17) is 0 Å². The second-order valence-electron chi connectivity index (χ2n) is 6.73. The lowest BCUT2D eigenvalue weighted by atomic mass is 10.0. The largest absolute Gasteiger partial charge is 0.342 e. The van der Waals surface area contributed by atoms with Gasteiger partial charge >= 0.3 is 0 Å². The van der Waals surface area contributed by atoms with E-state index in [1.54, 1.807) is 6.20 Å². The maximum absolute atomic E-state index is 12.6. The number of amides is 1. The van der Waals surface area contributed by atoms with E-state index in [0.29, 0.717) is 12.5 Å². The highest BCUT2D eigenvalue weighted by atomic mass is 16.2. The molecule has 3 aromatic rings. The maximum atomic E-state index is 12.6. The first-order valence-electron chi connectivity index (χ1n) is 9.07. The van der Waals surface area contributed by atoms with E-state index in [9.17, 15) is 4.79 Å². The summed E-state index contributed by atoms with van der Waals surface area (Å²) in [4.78, 5) is 14.6. The Morgan fingerprint density at radius 1 is 0.962 bits per heavy atom. The Morgan fingerprint density at radius 2 is 1.65 bits per heavy atom. The first-order chi connectivity index (χ1) is 12.8. The summed E-state index contributed by atoms with van der Waals surface area (Å²) in [6.45, 7) is 1.57. The van der Waals surface area contributed by atoms with Crippen molar-refractivity contribution in [3.63, 3.8) is 0 Å². The molecule has 1 amide bonds. The van der Waals surface area contributed by atoms with Crippen molar-refractivity contribution in [3.05, 3.63) is 72.6 Å². The number of aromatic nitrogens is 3. The molecule has 5 heteroatoms. The van der Waals surface area contributed by atoms with Crippen molar-refractivity contribution in [3.8, 4) is 11.1 Å². The summed E-state index contributed by atoms with van der Waals surface area (Å²) < 4.78 is 1.91. The highest BCUT2D eigenvalue weighted by molar-refractivity contribution is 5.79. The lowest BCUT2D eigenvalue weighted by Crippen LogP contribution is -2.40. The number of benzene rings is 2. The van der Waals surface area contributed by atoms with Gasteiger partial charge < -0.3 is 4.90 Å². The average Bonchev–Trinajstić information content (AvgIpc) is 3.24. The zero-order valence-corrected chi connectivity index (χ0v) is 14.7. The molecule has 0 saturated carbocycles. The molecule has 1 aliphatic heterocycles. The SMILES string of the molecule is O=C(Cc1ccc(-c2ccccc2)cc1)N1CCC(n2ccnn2)CC1. The lowest BCUT2D eigenvalue weighted by molar-refractivity contribution is -0.131. The standard InChI is InChI=1S/C21H22N4O/c26-21(24-13-10-20(11-14-24)25-15-12-22-23-25)16-17-6-8-19(9-7-17)18-4-2-1-3-5-18/h1-9,12,15,20H,10-11,13-14,16H2. The van der Waals surface area contributed by atoms with E-state index in [2.05, 4.69) is 46.7 Å². The Hall–Kier alpha value is -2.95. The molecule has 0 aliphatic carbocycles. The highest BCUT2D eigenvalue weighted by Gasteiger charge is 2.24. The first-order valence-corrected chi connectivity index (χ1v) is 9.07. The molecular formula is C21H22N4O. The van der Waals surface area contributed by atoms with Crippen molar-refractivity contribution < 1.29 is 4.79 Å². The molecule has 1 aromatic heterocycles. The number of hydrogen-bond acceptors (Lipinski definition) is 3. The van der Waals surface area contributed by atoms with E-state index in [1.165, 1.54) is 11.1 Å². The molecule has 2 heterocycles. The number of carbonyl (C=O) groups excluding carboxylic acids is 1. The van der Waals surface area contributed by atoms with Crippen LogP contribution in [0.15, 0.2) is 67.0 Å². The van der Waals surface area contributed by atoms with E-state index in [1.807, 2.05) is 34.0 Å². The van der Waals surface area contributed by atoms with Gasteiger partial charge in [0.05, 0.1) is 18.7 Å². The molecule has 2 aromatic carbocycles. The molecule has 132 valence electrons. The van der Waals surface area contributed by atoms with Gasteiger partial charge in [-0.15, -0.1) is 5.10 Å². The quantitative estimate of drug-likeness (QED) is 0.728. The molecule has 0 N–H and O–H groups in total. The summed E-state index contributed by atoms with van der Waals surface area (Å²) in [7, 11) is 0. The van der Waals surface area contributed by atoms with Gasteiger partial charge in [-0.3, -0.25) is 4.79 Å². The van der Waals surface area contributed by atoms with Crippen molar-refractivity contribution in [2.75, 3.05) is 13.1 Å². The fraction of sp³-hybridized carbons (Fsp3) is 0.286. The topological polar surface area (TPSA) is 51.0 Å². The number of hydrogen-bond donors (Lipinski definition) is 0.